The van der Waals surface area contributed by atoms with E-state index in [0.717, 1.165) is 11.4 Å². The Kier molecular flexibility index (Phi) is 2.75. The Morgan fingerprint density at radius 2 is 2.00 bits per heavy atom. The average Bonchev–Trinajstić information content (AvgIpc) is 2.79. The molecule has 0 aliphatic heterocycles. The van der Waals surface area contributed by atoms with Crippen LogP contribution in [0.25, 0.3) is 5.78 Å². The monoisotopic (exact) mass is 255 g/mol. The number of nitrogens with zero attached hydrogens (tertiary/aromatic N) is 4. The number of hydrogen-bond donors (Lipinski definition) is 1. The zero-order valence-corrected chi connectivity index (χ0v) is 10.4. The van der Waals surface area contributed by atoms with Crippen LogP contribution in [0.3, 0.4) is 0 Å². The Hall–Kier alpha value is -2.63. The van der Waals surface area contributed by atoms with E-state index in [1.807, 2.05) is 43.3 Å². The van der Waals surface area contributed by atoms with Gasteiger partial charge in [0.25, 0.3) is 5.78 Å². The van der Waals surface area contributed by atoms with Crippen molar-refractivity contribution < 1.29 is 4.74 Å². The number of fused-ring (bicyclic) bond motifs is 1. The maximum Gasteiger partial charge on any atom is 0.254 e. The molecule has 0 bridgehead atoms. The van der Waals surface area contributed by atoms with Gasteiger partial charge < -0.3 is 10.5 Å². The Balaban J connectivity index is 1.95. The maximum absolute atomic E-state index is 5.86. The average molecular weight is 255 g/mol. The first-order chi connectivity index (χ1) is 9.24. The zero-order chi connectivity index (χ0) is 13.2. The Morgan fingerprint density at radius 1 is 1.21 bits per heavy atom. The molecule has 0 radical (unpaired) electrons. The van der Waals surface area contributed by atoms with Crippen LogP contribution in [0.15, 0.2) is 42.6 Å². The number of nitrogen functional groups attached to an aromatic ring is 1. The predicted octanol–water partition coefficient (Wildman–Crippen LogP) is 1.85. The second kappa shape index (κ2) is 4.56. The van der Waals surface area contributed by atoms with Gasteiger partial charge >= 0.3 is 0 Å². The molecule has 3 aromatic rings. The fourth-order valence-electron chi connectivity index (χ4n) is 1.90. The van der Waals surface area contributed by atoms with Gasteiger partial charge in [0.15, 0.2) is 0 Å². The van der Waals surface area contributed by atoms with E-state index < -0.39 is 0 Å². The minimum absolute atomic E-state index is 0.186. The summed E-state index contributed by atoms with van der Waals surface area (Å²) < 4.78 is 7.46. The molecule has 1 atom stereocenters. The number of ether oxygens (including phenoxy) is 1. The number of anilines is 1. The van der Waals surface area contributed by atoms with E-state index in [1.54, 1.807) is 10.7 Å². The first kappa shape index (κ1) is 11.5. The van der Waals surface area contributed by atoms with Crippen LogP contribution in [0.2, 0.25) is 0 Å². The van der Waals surface area contributed by atoms with Gasteiger partial charge in [0.05, 0.1) is 5.69 Å². The van der Waals surface area contributed by atoms with Gasteiger partial charge in [-0.3, -0.25) is 0 Å². The van der Waals surface area contributed by atoms with Crippen LogP contribution < -0.4 is 10.5 Å². The predicted molar refractivity (Wildman–Crippen MR) is 70.7 cm³/mol. The van der Waals surface area contributed by atoms with Gasteiger partial charge in [-0.1, -0.05) is 18.2 Å². The van der Waals surface area contributed by atoms with Crippen LogP contribution in [0, 0.1) is 0 Å². The molecule has 0 aliphatic carbocycles. The van der Waals surface area contributed by atoms with Gasteiger partial charge in [0.1, 0.15) is 11.9 Å². The summed E-state index contributed by atoms with van der Waals surface area (Å²) in [6.07, 6.45) is 1.48. The van der Waals surface area contributed by atoms with Crippen molar-refractivity contribution in [3.05, 3.63) is 48.3 Å². The van der Waals surface area contributed by atoms with Gasteiger partial charge in [-0.05, 0) is 25.1 Å². The summed E-state index contributed by atoms with van der Waals surface area (Å²) in [4.78, 5) is 8.13. The Morgan fingerprint density at radius 3 is 2.79 bits per heavy atom. The van der Waals surface area contributed by atoms with E-state index in [9.17, 15) is 0 Å². The molecular formula is C13H13N5O. The second-order valence-corrected chi connectivity index (χ2v) is 4.12. The molecule has 0 saturated heterocycles. The highest BCUT2D eigenvalue weighted by atomic mass is 16.5. The minimum Gasteiger partial charge on any atom is -0.484 e. The molecule has 0 saturated carbocycles. The van der Waals surface area contributed by atoms with Crippen LogP contribution in [0.5, 0.6) is 5.75 Å². The normalized spacial score (nSPS) is 12.5. The summed E-state index contributed by atoms with van der Waals surface area (Å²) in [7, 11) is 0. The molecule has 19 heavy (non-hydrogen) atoms. The number of para-hydroxylation sites is 1. The van der Waals surface area contributed by atoms with Crippen molar-refractivity contribution in [1.29, 1.82) is 0 Å². The highest BCUT2D eigenvalue weighted by Crippen LogP contribution is 2.21. The van der Waals surface area contributed by atoms with Crippen molar-refractivity contribution >= 4 is 11.7 Å². The molecule has 2 heterocycles. The molecule has 0 spiro atoms. The highest BCUT2D eigenvalue weighted by Gasteiger charge is 2.14. The van der Waals surface area contributed by atoms with E-state index >= 15 is 0 Å². The molecule has 0 unspecified atom stereocenters. The highest BCUT2D eigenvalue weighted by molar-refractivity contribution is 5.35. The third-order valence-corrected chi connectivity index (χ3v) is 2.76. The van der Waals surface area contributed by atoms with Gasteiger partial charge in [-0.25, -0.2) is 4.98 Å². The molecule has 3 rings (SSSR count). The van der Waals surface area contributed by atoms with Crippen LogP contribution >= 0.6 is 0 Å². The number of aromatic nitrogens is 4. The van der Waals surface area contributed by atoms with Crippen molar-refractivity contribution in [2.75, 3.05) is 5.73 Å². The number of hydrogen-bond acceptors (Lipinski definition) is 5. The van der Waals surface area contributed by atoms with Crippen molar-refractivity contribution in [3.63, 3.8) is 0 Å². The van der Waals surface area contributed by atoms with Crippen LogP contribution in [-0.4, -0.2) is 19.6 Å². The molecule has 1 aromatic carbocycles. The Labute approximate surface area is 109 Å². The molecule has 6 nitrogen and oxygen atoms in total. The molecule has 2 N–H and O–H groups in total. The van der Waals surface area contributed by atoms with Crippen LogP contribution in [0.1, 0.15) is 18.7 Å². The summed E-state index contributed by atoms with van der Waals surface area (Å²) in [5.41, 5.74) is 6.43. The van der Waals surface area contributed by atoms with Crippen LogP contribution in [-0.2, 0) is 0 Å². The number of rotatable bonds is 3. The third-order valence-electron chi connectivity index (χ3n) is 2.76. The SMILES string of the molecule is C[C@@H](Oc1ccccc1)c1ccnc2nc(N)nn12. The van der Waals surface area contributed by atoms with Gasteiger partial charge in [-0.15, -0.1) is 5.10 Å². The molecule has 2 aromatic heterocycles. The topological polar surface area (TPSA) is 78.3 Å². The summed E-state index contributed by atoms with van der Waals surface area (Å²) >= 11 is 0. The fourth-order valence-corrected chi connectivity index (χ4v) is 1.90. The smallest absolute Gasteiger partial charge is 0.254 e. The Bertz CT molecular complexity index is 695. The largest absolute Gasteiger partial charge is 0.484 e. The van der Waals surface area contributed by atoms with E-state index in [0.29, 0.717) is 5.78 Å². The number of nitrogens with two attached hydrogens (primary N) is 1. The van der Waals surface area contributed by atoms with Crippen molar-refractivity contribution in [2.45, 2.75) is 13.0 Å². The summed E-state index contributed by atoms with van der Waals surface area (Å²) in [6.45, 7) is 1.94. The maximum atomic E-state index is 5.86. The molecule has 6 heteroatoms. The van der Waals surface area contributed by atoms with E-state index in [4.69, 9.17) is 10.5 Å². The van der Waals surface area contributed by atoms with Crippen molar-refractivity contribution in [1.82, 2.24) is 19.6 Å². The van der Waals surface area contributed by atoms with Crippen molar-refractivity contribution in [3.8, 4) is 5.75 Å². The molecular weight excluding hydrogens is 242 g/mol. The minimum atomic E-state index is -0.186. The quantitative estimate of drug-likeness (QED) is 0.772. The first-order valence-electron chi connectivity index (χ1n) is 5.93. The van der Waals surface area contributed by atoms with Gasteiger partial charge in [-0.2, -0.15) is 9.50 Å². The van der Waals surface area contributed by atoms with E-state index in [2.05, 4.69) is 15.1 Å². The molecule has 0 fully saturated rings. The van der Waals surface area contributed by atoms with Crippen LogP contribution in [0.4, 0.5) is 5.95 Å². The zero-order valence-electron chi connectivity index (χ0n) is 10.4. The van der Waals surface area contributed by atoms with Gasteiger partial charge in [0, 0.05) is 6.20 Å². The summed E-state index contributed by atoms with van der Waals surface area (Å²) in [5, 5.41) is 4.12. The molecule has 0 aliphatic rings. The van der Waals surface area contributed by atoms with E-state index in [1.165, 1.54) is 0 Å². The summed E-state index contributed by atoms with van der Waals surface area (Å²) in [6, 6.07) is 11.5. The lowest BCUT2D eigenvalue weighted by atomic mass is 10.2. The third kappa shape index (κ3) is 2.20. The summed E-state index contributed by atoms with van der Waals surface area (Å²) in [5.74, 6) is 1.47. The van der Waals surface area contributed by atoms with Gasteiger partial charge in [0.2, 0.25) is 5.95 Å². The molecule has 96 valence electrons. The molecule has 0 amide bonds. The van der Waals surface area contributed by atoms with E-state index in [-0.39, 0.29) is 12.1 Å². The second-order valence-electron chi connectivity index (χ2n) is 4.12. The standard InChI is InChI=1S/C13H13N5O/c1-9(19-10-5-3-2-4-6-10)11-7-8-15-13-16-12(14)17-18(11)13/h2-9H,1H3,(H2,14,17)/t9-/m1/s1. The number of benzene rings is 1. The fraction of sp³-hybridized carbons (Fsp3) is 0.154. The van der Waals surface area contributed by atoms with Crippen molar-refractivity contribution in [2.24, 2.45) is 0 Å². The lowest BCUT2D eigenvalue weighted by Gasteiger charge is -2.15. The lowest BCUT2D eigenvalue weighted by Crippen LogP contribution is -2.10. The lowest BCUT2D eigenvalue weighted by molar-refractivity contribution is 0.219. The first-order valence-corrected chi connectivity index (χ1v) is 5.93.